The number of aromatic nitrogens is 2. The second-order valence-corrected chi connectivity index (χ2v) is 7.42. The fraction of sp³-hybridized carbons (Fsp3) is 0.727. The molecule has 92 valence electrons. The van der Waals surface area contributed by atoms with Gasteiger partial charge in [0, 0.05) is 17.0 Å². The van der Waals surface area contributed by atoms with Crippen LogP contribution in [0.4, 0.5) is 0 Å². The van der Waals surface area contributed by atoms with Crippen LogP contribution in [0.25, 0.3) is 0 Å². The van der Waals surface area contributed by atoms with E-state index in [-0.39, 0.29) is 10.8 Å². The van der Waals surface area contributed by atoms with E-state index < -0.39 is 0 Å². The van der Waals surface area contributed by atoms with E-state index in [4.69, 9.17) is 5.73 Å². The molecule has 0 aliphatic heterocycles. The maximum atomic E-state index is 6.21. The Morgan fingerprint density at radius 1 is 1.56 bits per heavy atom. The van der Waals surface area contributed by atoms with Crippen LogP contribution in [0, 0.1) is 0 Å². The van der Waals surface area contributed by atoms with Crippen molar-refractivity contribution < 1.29 is 0 Å². The molecule has 0 spiro atoms. The Labute approximate surface area is 110 Å². The van der Waals surface area contributed by atoms with E-state index in [9.17, 15) is 0 Å². The van der Waals surface area contributed by atoms with Crippen molar-refractivity contribution in [2.45, 2.75) is 45.0 Å². The van der Waals surface area contributed by atoms with Crippen LogP contribution < -0.4 is 5.73 Å². The van der Waals surface area contributed by atoms with Crippen LogP contribution >= 0.6 is 27.7 Å². The fourth-order valence-corrected chi connectivity index (χ4v) is 2.84. The molecule has 0 bridgehead atoms. The first-order chi connectivity index (χ1) is 7.35. The summed E-state index contributed by atoms with van der Waals surface area (Å²) >= 11 is 5.39. The van der Waals surface area contributed by atoms with Crippen LogP contribution in [0.3, 0.4) is 0 Å². The number of hydrogen-bond acceptors (Lipinski definition) is 3. The van der Waals surface area contributed by atoms with Crippen molar-refractivity contribution in [3.63, 3.8) is 0 Å². The molecule has 0 radical (unpaired) electrons. The molecule has 0 aromatic carbocycles. The average molecular weight is 306 g/mol. The topological polar surface area (TPSA) is 43.8 Å². The highest BCUT2D eigenvalue weighted by molar-refractivity contribution is 9.10. The predicted octanol–water partition coefficient (Wildman–Crippen LogP) is 3.20. The van der Waals surface area contributed by atoms with E-state index in [2.05, 4.69) is 48.7 Å². The van der Waals surface area contributed by atoms with Gasteiger partial charge in [0.05, 0.1) is 22.4 Å². The standard InChI is InChI=1S/C11H20BrN3S/c1-5-15-10(8(12)6-14-15)9(13)7-16-11(2,3)4/h6,9H,5,7,13H2,1-4H3. The van der Waals surface area contributed by atoms with Gasteiger partial charge >= 0.3 is 0 Å². The smallest absolute Gasteiger partial charge is 0.0701 e. The van der Waals surface area contributed by atoms with Gasteiger partial charge < -0.3 is 5.73 Å². The molecule has 0 amide bonds. The van der Waals surface area contributed by atoms with Crippen molar-refractivity contribution in [3.05, 3.63) is 16.4 Å². The maximum absolute atomic E-state index is 6.21. The van der Waals surface area contributed by atoms with Crippen LogP contribution in [0.2, 0.25) is 0 Å². The van der Waals surface area contributed by atoms with E-state index in [0.717, 1.165) is 22.5 Å². The summed E-state index contributed by atoms with van der Waals surface area (Å²) in [6.45, 7) is 9.55. The zero-order valence-corrected chi connectivity index (χ0v) is 12.7. The SMILES string of the molecule is CCn1ncc(Br)c1C(N)CSC(C)(C)C. The number of nitrogens with two attached hydrogens (primary N) is 1. The number of thioether (sulfide) groups is 1. The molecule has 16 heavy (non-hydrogen) atoms. The van der Waals surface area contributed by atoms with Crippen LogP contribution in [-0.2, 0) is 6.54 Å². The number of nitrogens with zero attached hydrogens (tertiary/aromatic N) is 2. The van der Waals surface area contributed by atoms with Gasteiger partial charge in [-0.15, -0.1) is 0 Å². The molecule has 0 fully saturated rings. The van der Waals surface area contributed by atoms with Crippen molar-refractivity contribution in [1.29, 1.82) is 0 Å². The molecule has 1 rings (SSSR count). The van der Waals surface area contributed by atoms with E-state index in [1.807, 2.05) is 22.6 Å². The Hall–Kier alpha value is -0.0000000000000000555. The lowest BCUT2D eigenvalue weighted by atomic mass is 10.2. The van der Waals surface area contributed by atoms with Crippen LogP contribution in [0.5, 0.6) is 0 Å². The minimum atomic E-state index is 0.0287. The first-order valence-corrected chi connectivity index (χ1v) is 7.23. The molecule has 1 heterocycles. The van der Waals surface area contributed by atoms with Gasteiger partial charge in [0.1, 0.15) is 0 Å². The third kappa shape index (κ3) is 3.79. The van der Waals surface area contributed by atoms with Gasteiger partial charge in [0.2, 0.25) is 0 Å². The van der Waals surface area contributed by atoms with Crippen molar-refractivity contribution in [2.24, 2.45) is 5.73 Å². The summed E-state index contributed by atoms with van der Waals surface area (Å²) in [5, 5.41) is 4.28. The first-order valence-electron chi connectivity index (χ1n) is 5.46. The van der Waals surface area contributed by atoms with Crippen molar-refractivity contribution in [3.8, 4) is 0 Å². The van der Waals surface area contributed by atoms with E-state index >= 15 is 0 Å². The fourth-order valence-electron chi connectivity index (χ4n) is 1.41. The molecule has 1 atom stereocenters. The molecule has 0 aliphatic rings. The predicted molar refractivity (Wildman–Crippen MR) is 74.7 cm³/mol. The molecule has 1 aromatic rings. The zero-order chi connectivity index (χ0) is 12.3. The van der Waals surface area contributed by atoms with Gasteiger partial charge in [-0.3, -0.25) is 4.68 Å². The summed E-state index contributed by atoms with van der Waals surface area (Å²) in [5.41, 5.74) is 7.31. The van der Waals surface area contributed by atoms with E-state index in [1.54, 1.807) is 0 Å². The van der Waals surface area contributed by atoms with Crippen molar-refractivity contribution >= 4 is 27.7 Å². The van der Waals surface area contributed by atoms with Crippen molar-refractivity contribution in [2.75, 3.05) is 5.75 Å². The lowest BCUT2D eigenvalue weighted by molar-refractivity contribution is 0.590. The summed E-state index contributed by atoms with van der Waals surface area (Å²) in [6, 6.07) is 0.0287. The van der Waals surface area contributed by atoms with Crippen LogP contribution in [0.1, 0.15) is 39.4 Å². The van der Waals surface area contributed by atoms with Gasteiger partial charge in [-0.1, -0.05) is 20.8 Å². The normalized spacial score (nSPS) is 14.1. The van der Waals surface area contributed by atoms with E-state index in [0.29, 0.717) is 0 Å². The Balaban J connectivity index is 2.72. The van der Waals surface area contributed by atoms with Crippen molar-refractivity contribution in [1.82, 2.24) is 9.78 Å². The number of halogens is 1. The first kappa shape index (κ1) is 14.1. The highest BCUT2D eigenvalue weighted by Crippen LogP contribution is 2.30. The number of aryl methyl sites for hydroxylation is 1. The highest BCUT2D eigenvalue weighted by Gasteiger charge is 2.19. The summed E-state index contributed by atoms with van der Waals surface area (Å²) in [4.78, 5) is 0. The van der Waals surface area contributed by atoms with E-state index in [1.165, 1.54) is 0 Å². The third-order valence-corrected chi connectivity index (χ3v) is 4.18. The van der Waals surface area contributed by atoms with Gasteiger partial charge in [0.25, 0.3) is 0 Å². The van der Waals surface area contributed by atoms with Crippen LogP contribution in [0.15, 0.2) is 10.7 Å². The summed E-state index contributed by atoms with van der Waals surface area (Å²) < 4.78 is 3.22. The highest BCUT2D eigenvalue weighted by atomic mass is 79.9. The molecular weight excluding hydrogens is 286 g/mol. The van der Waals surface area contributed by atoms with Gasteiger partial charge in [-0.2, -0.15) is 16.9 Å². The Morgan fingerprint density at radius 3 is 2.69 bits per heavy atom. The Morgan fingerprint density at radius 2 is 2.19 bits per heavy atom. The second-order valence-electron chi connectivity index (χ2n) is 4.72. The summed E-state index contributed by atoms with van der Waals surface area (Å²) in [6.07, 6.45) is 1.82. The molecule has 0 saturated carbocycles. The largest absolute Gasteiger partial charge is 0.322 e. The lowest BCUT2D eigenvalue weighted by Crippen LogP contribution is -2.21. The monoisotopic (exact) mass is 305 g/mol. The minimum absolute atomic E-state index is 0.0287. The minimum Gasteiger partial charge on any atom is -0.322 e. The molecule has 1 unspecified atom stereocenters. The molecular formula is C11H20BrN3S. The molecule has 0 aliphatic carbocycles. The molecule has 3 nitrogen and oxygen atoms in total. The number of hydrogen-bond donors (Lipinski definition) is 1. The third-order valence-electron chi connectivity index (χ3n) is 2.18. The molecule has 2 N–H and O–H groups in total. The number of rotatable bonds is 4. The molecule has 5 heteroatoms. The lowest BCUT2D eigenvalue weighted by Gasteiger charge is -2.21. The molecule has 1 aromatic heterocycles. The van der Waals surface area contributed by atoms with Gasteiger partial charge in [-0.25, -0.2) is 0 Å². The maximum Gasteiger partial charge on any atom is 0.0701 e. The second kappa shape index (κ2) is 5.56. The quantitative estimate of drug-likeness (QED) is 0.929. The van der Waals surface area contributed by atoms with Gasteiger partial charge in [-0.05, 0) is 22.9 Å². The summed E-state index contributed by atoms with van der Waals surface area (Å²) in [5.74, 6) is 0.911. The summed E-state index contributed by atoms with van der Waals surface area (Å²) in [7, 11) is 0. The average Bonchev–Trinajstić information content (AvgIpc) is 2.55. The molecule has 0 saturated heterocycles. The Bertz CT molecular complexity index is 343. The van der Waals surface area contributed by atoms with Crippen LogP contribution in [-0.4, -0.2) is 20.3 Å². The Kier molecular flexibility index (Phi) is 4.88. The zero-order valence-electron chi connectivity index (χ0n) is 10.3. The van der Waals surface area contributed by atoms with Gasteiger partial charge in [0.15, 0.2) is 0 Å².